The molecule has 0 fully saturated rings. The summed E-state index contributed by atoms with van der Waals surface area (Å²) in [7, 11) is 0. The van der Waals surface area contributed by atoms with Crippen LogP contribution in [0.25, 0.3) is 134 Å². The van der Waals surface area contributed by atoms with Crippen LogP contribution in [0.5, 0.6) is 0 Å². The highest BCUT2D eigenvalue weighted by molar-refractivity contribution is 7.27. The van der Waals surface area contributed by atoms with E-state index in [0.717, 1.165) is 40.3 Å². The lowest BCUT2D eigenvalue weighted by Gasteiger charge is -2.26. The van der Waals surface area contributed by atoms with Crippen LogP contribution in [0.15, 0.2) is 206 Å². The molecular formula is C62H34N4S2. The van der Waals surface area contributed by atoms with Crippen molar-refractivity contribution in [2.75, 3.05) is 0 Å². The molecule has 14 aromatic rings. The Morgan fingerprint density at radius 1 is 0.456 bits per heavy atom. The standard InChI is InChI=1S/C62H34N4S2/c1-64-56-54(38-19-7-3-8-20-38)49(36-63)57(55(39-21-9-4-10-22-39)60(56)65-50-26-14-11-23-41(50)42-30-29-40(35-51(42)65)37-17-5-2-6-18-37)66-58-45(31-33-47-43-24-12-15-27-52(43)67-61(47)58)46-32-34-48-44-25-13-16-28-53(44)68-62(48)59(46)66/h2-35H/i2D,3D,4D,5D,6D,7D,8D,9D,10D,17D,18D,19D,20D,21D,22D. The molecule has 4 nitrogen and oxygen atoms in total. The molecular weight excluding hydrogens is 865 g/mol. The summed E-state index contributed by atoms with van der Waals surface area (Å²) < 4.78 is 144. The first-order valence-electron chi connectivity index (χ1n) is 28.9. The number of rotatable bonds is 5. The van der Waals surface area contributed by atoms with Crippen molar-refractivity contribution in [3.63, 3.8) is 0 Å². The smallest absolute Gasteiger partial charge is 0.220 e. The fraction of sp³-hybridized carbons (Fsp3) is 0. The summed E-state index contributed by atoms with van der Waals surface area (Å²) in [6.45, 7) is 9.43. The summed E-state index contributed by atoms with van der Waals surface area (Å²) >= 11 is 2.94. The van der Waals surface area contributed by atoms with E-state index in [-0.39, 0.29) is 33.6 Å². The van der Waals surface area contributed by atoms with Gasteiger partial charge >= 0.3 is 0 Å². The van der Waals surface area contributed by atoms with Crippen molar-refractivity contribution in [3.8, 4) is 50.8 Å². The van der Waals surface area contributed by atoms with Gasteiger partial charge in [-0.05, 0) is 46.5 Å². The average molecular weight is 914 g/mol. The normalized spacial score (nSPS) is 14.9. The molecule has 0 N–H and O–H groups in total. The summed E-state index contributed by atoms with van der Waals surface area (Å²) in [4.78, 5) is 4.20. The molecule has 4 heterocycles. The van der Waals surface area contributed by atoms with Crippen molar-refractivity contribution in [2.24, 2.45) is 0 Å². The van der Waals surface area contributed by atoms with Crippen LogP contribution in [-0.4, -0.2) is 9.13 Å². The second-order valence-electron chi connectivity index (χ2n) is 16.2. The van der Waals surface area contributed by atoms with E-state index in [1.807, 2.05) is 77.4 Å². The number of para-hydroxylation sites is 1. The highest BCUT2D eigenvalue weighted by atomic mass is 32.1. The van der Waals surface area contributed by atoms with Gasteiger partial charge in [0.25, 0.3) is 0 Å². The number of benzene rings is 10. The van der Waals surface area contributed by atoms with E-state index in [4.69, 9.17) is 12.3 Å². The fourth-order valence-electron chi connectivity index (χ4n) is 10.1. The molecule has 0 bridgehead atoms. The monoisotopic (exact) mass is 913 g/mol. The van der Waals surface area contributed by atoms with Crippen molar-refractivity contribution in [2.45, 2.75) is 0 Å². The number of fused-ring (bicyclic) bond motifs is 14. The van der Waals surface area contributed by atoms with Gasteiger partial charge in [0.05, 0.1) is 75.5 Å². The lowest BCUT2D eigenvalue weighted by atomic mass is 9.88. The highest BCUT2D eigenvalue weighted by Crippen LogP contribution is 2.54. The molecule has 314 valence electrons. The van der Waals surface area contributed by atoms with Crippen molar-refractivity contribution in [1.82, 2.24) is 9.13 Å². The maximum atomic E-state index is 12.4. The topological polar surface area (TPSA) is 38.0 Å². The zero-order chi connectivity index (χ0) is 58.1. The van der Waals surface area contributed by atoms with Crippen LogP contribution in [0.2, 0.25) is 0 Å². The Bertz CT molecular complexity index is 5230. The number of aromatic nitrogens is 2. The van der Waals surface area contributed by atoms with Gasteiger partial charge < -0.3 is 9.13 Å². The van der Waals surface area contributed by atoms with Gasteiger partial charge in [0, 0.05) is 63.6 Å². The summed E-state index contributed by atoms with van der Waals surface area (Å²) in [5.41, 5.74) is -1.28. The van der Waals surface area contributed by atoms with E-state index in [1.54, 1.807) is 47.0 Å². The van der Waals surface area contributed by atoms with E-state index >= 15 is 0 Å². The molecule has 0 unspecified atom stereocenters. The zero-order valence-electron chi connectivity index (χ0n) is 50.1. The van der Waals surface area contributed by atoms with Gasteiger partial charge in [-0.3, -0.25) is 0 Å². The zero-order valence-corrected chi connectivity index (χ0v) is 36.7. The minimum Gasteiger partial charge on any atom is -0.318 e. The van der Waals surface area contributed by atoms with Crippen LogP contribution in [0, 0.1) is 17.9 Å². The molecule has 68 heavy (non-hydrogen) atoms. The lowest BCUT2D eigenvalue weighted by Crippen LogP contribution is -2.09. The Morgan fingerprint density at radius 2 is 0.941 bits per heavy atom. The van der Waals surface area contributed by atoms with Gasteiger partial charge in [-0.25, -0.2) is 4.85 Å². The first-order chi connectivity index (χ1) is 39.9. The van der Waals surface area contributed by atoms with E-state index in [2.05, 4.69) is 10.9 Å². The fourth-order valence-corrected chi connectivity index (χ4v) is 12.6. The first-order valence-corrected chi connectivity index (χ1v) is 23.0. The van der Waals surface area contributed by atoms with Gasteiger partial charge in [0.15, 0.2) is 0 Å². The molecule has 0 aliphatic heterocycles. The molecule has 0 radical (unpaired) electrons. The van der Waals surface area contributed by atoms with E-state index in [0.29, 0.717) is 38.1 Å². The Hall–Kier alpha value is -8.78. The third-order valence-electron chi connectivity index (χ3n) is 12.8. The number of nitriles is 1. The minimum absolute atomic E-state index is 0.141. The number of hydrogen-bond donors (Lipinski definition) is 0. The predicted molar refractivity (Wildman–Crippen MR) is 288 cm³/mol. The molecule has 0 amide bonds. The van der Waals surface area contributed by atoms with Crippen LogP contribution >= 0.6 is 22.7 Å². The van der Waals surface area contributed by atoms with Crippen LogP contribution in [0.1, 0.15) is 26.1 Å². The minimum atomic E-state index is -0.769. The van der Waals surface area contributed by atoms with Crippen LogP contribution in [0.3, 0.4) is 0 Å². The van der Waals surface area contributed by atoms with Crippen molar-refractivity contribution in [3.05, 3.63) is 223 Å². The average Bonchev–Trinajstić information content (AvgIpc) is 1.73. The molecule has 0 saturated heterocycles. The molecule has 6 heteroatoms. The van der Waals surface area contributed by atoms with E-state index < -0.39 is 119 Å². The Balaban J connectivity index is 1.34. The molecule has 4 aromatic heterocycles. The Kier molecular flexibility index (Phi) is 5.77. The van der Waals surface area contributed by atoms with Crippen molar-refractivity contribution < 1.29 is 20.6 Å². The highest BCUT2D eigenvalue weighted by Gasteiger charge is 2.33. The lowest BCUT2D eigenvalue weighted by molar-refractivity contribution is 1.14. The van der Waals surface area contributed by atoms with Gasteiger partial charge in [-0.2, -0.15) is 5.26 Å². The van der Waals surface area contributed by atoms with E-state index in [1.165, 1.54) is 22.7 Å². The van der Waals surface area contributed by atoms with Crippen molar-refractivity contribution >= 4 is 112 Å². The third kappa shape index (κ3) is 5.39. The summed E-state index contributed by atoms with van der Waals surface area (Å²) in [6.07, 6.45) is 0. The first kappa shape index (κ1) is 26.4. The second-order valence-corrected chi connectivity index (χ2v) is 18.3. The van der Waals surface area contributed by atoms with Gasteiger partial charge in [0.2, 0.25) is 5.69 Å². The van der Waals surface area contributed by atoms with Crippen molar-refractivity contribution in [1.29, 1.82) is 5.26 Å². The Labute approximate surface area is 419 Å². The SMILES string of the molecule is [2H]c1c([2H])c([2H])c(-c2ccc3c4ccccc4n(-c4c([N+]#[C-])c(-c5c([2H])c([2H])c([2H])c([2H])c5[2H])c(C#N)c(-n5c6c(ccc7c8ccccc8sc76)c6ccc7c8ccccc8sc7c65)c4-c4c([2H])c([2H])c([2H])c([2H])c4[2H])c3c2)c([2H])c1[2H]. The maximum Gasteiger partial charge on any atom is 0.220 e. The molecule has 0 saturated carbocycles. The summed E-state index contributed by atoms with van der Waals surface area (Å²) in [5, 5.41) is 18.2. The van der Waals surface area contributed by atoms with Crippen LogP contribution in [-0.2, 0) is 0 Å². The molecule has 0 atom stereocenters. The summed E-state index contributed by atoms with van der Waals surface area (Å²) in [6, 6.07) is 27.7. The number of thiophene rings is 2. The second kappa shape index (κ2) is 14.9. The number of hydrogen-bond acceptors (Lipinski definition) is 3. The molecule has 0 aliphatic rings. The van der Waals surface area contributed by atoms with Gasteiger partial charge in [-0.1, -0.05) is 182 Å². The predicted octanol–water partition coefficient (Wildman–Crippen LogP) is 18.0. The van der Waals surface area contributed by atoms with Gasteiger partial charge in [-0.15, -0.1) is 22.7 Å². The molecule has 0 spiro atoms. The number of nitrogens with zero attached hydrogens (tertiary/aromatic N) is 4. The quantitative estimate of drug-likeness (QED) is 0.159. The largest absolute Gasteiger partial charge is 0.318 e. The molecule has 10 aromatic carbocycles. The third-order valence-corrected chi connectivity index (χ3v) is 15.2. The van der Waals surface area contributed by atoms with Crippen LogP contribution < -0.4 is 0 Å². The summed E-state index contributed by atoms with van der Waals surface area (Å²) in [5.74, 6) is 0. The molecule has 14 rings (SSSR count). The maximum absolute atomic E-state index is 12.4. The van der Waals surface area contributed by atoms with E-state index in [9.17, 15) is 20.1 Å². The van der Waals surface area contributed by atoms with Crippen LogP contribution in [0.4, 0.5) is 5.69 Å². The van der Waals surface area contributed by atoms with Gasteiger partial charge in [0.1, 0.15) is 6.07 Å². The molecule has 0 aliphatic carbocycles. The Morgan fingerprint density at radius 3 is 1.51 bits per heavy atom.